The van der Waals surface area contributed by atoms with Gasteiger partial charge in [-0.25, -0.2) is 16.8 Å². The molecule has 192 valence electrons. The Bertz CT molecular complexity index is 1450. The quantitative estimate of drug-likeness (QED) is 0.391. The summed E-state index contributed by atoms with van der Waals surface area (Å²) < 4.78 is 53.7. The van der Waals surface area contributed by atoms with Crippen molar-refractivity contribution < 1.29 is 21.6 Å². The molecule has 0 saturated carbocycles. The van der Waals surface area contributed by atoms with Crippen LogP contribution in [0.5, 0.6) is 0 Å². The van der Waals surface area contributed by atoms with Gasteiger partial charge in [0.15, 0.2) is 0 Å². The molecule has 3 aromatic rings. The molecule has 2 N–H and O–H groups in total. The minimum Gasteiger partial charge on any atom is -0.325 e. The van der Waals surface area contributed by atoms with E-state index >= 15 is 0 Å². The number of anilines is 3. The SMILES string of the molecule is Cc1c(Cl)cccc1NS(=O)(=O)c1ccc(NC(=O)CN(c2ccc(C(C)C)cc2)S(C)(=O)=O)cc1. The molecule has 3 aromatic carbocycles. The van der Waals surface area contributed by atoms with E-state index in [1.54, 1.807) is 37.3 Å². The van der Waals surface area contributed by atoms with Gasteiger partial charge in [0.1, 0.15) is 6.54 Å². The molecule has 0 aromatic heterocycles. The highest BCUT2D eigenvalue weighted by Gasteiger charge is 2.22. The summed E-state index contributed by atoms with van der Waals surface area (Å²) in [4.78, 5) is 12.6. The van der Waals surface area contributed by atoms with Gasteiger partial charge in [-0.15, -0.1) is 0 Å². The van der Waals surface area contributed by atoms with Crippen LogP contribution in [0.1, 0.15) is 30.9 Å². The number of benzene rings is 3. The lowest BCUT2D eigenvalue weighted by atomic mass is 10.0. The molecule has 36 heavy (non-hydrogen) atoms. The third kappa shape index (κ3) is 6.77. The van der Waals surface area contributed by atoms with E-state index in [1.165, 1.54) is 24.3 Å². The largest absolute Gasteiger partial charge is 0.325 e. The maximum absolute atomic E-state index is 12.8. The summed E-state index contributed by atoms with van der Waals surface area (Å²) in [6.07, 6.45) is 1.03. The lowest BCUT2D eigenvalue weighted by molar-refractivity contribution is -0.114. The van der Waals surface area contributed by atoms with Crippen LogP contribution in [-0.4, -0.2) is 35.5 Å². The maximum Gasteiger partial charge on any atom is 0.261 e. The summed E-state index contributed by atoms with van der Waals surface area (Å²) in [5.74, 6) is -0.290. The van der Waals surface area contributed by atoms with Crippen LogP contribution in [0.2, 0.25) is 5.02 Å². The van der Waals surface area contributed by atoms with Gasteiger partial charge in [-0.2, -0.15) is 0 Å². The van der Waals surface area contributed by atoms with Crippen LogP contribution in [0.25, 0.3) is 0 Å². The Labute approximate surface area is 217 Å². The molecule has 0 aliphatic carbocycles. The Balaban J connectivity index is 1.72. The van der Waals surface area contributed by atoms with Crippen molar-refractivity contribution >= 4 is 54.6 Å². The van der Waals surface area contributed by atoms with Gasteiger partial charge in [0.2, 0.25) is 15.9 Å². The van der Waals surface area contributed by atoms with Crippen molar-refractivity contribution in [2.24, 2.45) is 0 Å². The summed E-state index contributed by atoms with van der Waals surface area (Å²) in [6.45, 7) is 5.33. The molecule has 11 heteroatoms. The number of carbonyl (C=O) groups excluding carboxylic acids is 1. The van der Waals surface area contributed by atoms with E-state index in [0.717, 1.165) is 16.1 Å². The van der Waals surface area contributed by atoms with Gasteiger partial charge in [-0.1, -0.05) is 43.6 Å². The smallest absolute Gasteiger partial charge is 0.261 e. The summed E-state index contributed by atoms with van der Waals surface area (Å²) in [5.41, 5.74) is 2.71. The second-order valence-electron chi connectivity index (χ2n) is 8.61. The molecule has 8 nitrogen and oxygen atoms in total. The first-order valence-corrected chi connectivity index (χ1v) is 14.7. The zero-order chi connectivity index (χ0) is 26.7. The molecule has 0 saturated heterocycles. The molecule has 3 rings (SSSR count). The monoisotopic (exact) mass is 549 g/mol. The highest BCUT2D eigenvalue weighted by molar-refractivity contribution is 7.92. The molecule has 0 spiro atoms. The standard InChI is InChI=1S/C25H28ClN3O5S2/c1-17(2)19-8-12-21(13-9-19)29(35(4,31)32)16-25(30)27-20-10-14-22(15-11-20)36(33,34)28-24-7-5-6-23(26)18(24)3/h5-15,17,28H,16H2,1-4H3,(H,27,30). The third-order valence-corrected chi connectivity index (χ3v) is 8.43. The van der Waals surface area contributed by atoms with Crippen molar-refractivity contribution in [2.45, 2.75) is 31.6 Å². The van der Waals surface area contributed by atoms with Crippen LogP contribution in [-0.2, 0) is 24.8 Å². The van der Waals surface area contributed by atoms with Gasteiger partial charge >= 0.3 is 0 Å². The van der Waals surface area contributed by atoms with Crippen molar-refractivity contribution in [3.05, 3.63) is 82.9 Å². The van der Waals surface area contributed by atoms with Crippen LogP contribution in [0.4, 0.5) is 17.1 Å². The highest BCUT2D eigenvalue weighted by Crippen LogP contribution is 2.26. The molecule has 0 aliphatic heterocycles. The second kappa shape index (κ2) is 10.9. The Hall–Kier alpha value is -3.08. The van der Waals surface area contributed by atoms with E-state index in [0.29, 0.717) is 27.6 Å². The van der Waals surface area contributed by atoms with Crippen molar-refractivity contribution in [1.29, 1.82) is 0 Å². The summed E-state index contributed by atoms with van der Waals surface area (Å²) in [6, 6.07) is 17.4. The topological polar surface area (TPSA) is 113 Å². The molecular weight excluding hydrogens is 522 g/mol. The number of nitrogens with one attached hydrogen (secondary N) is 2. The number of halogens is 1. The van der Waals surface area contributed by atoms with Gasteiger partial charge in [0.05, 0.1) is 22.5 Å². The molecule has 0 bridgehead atoms. The zero-order valence-corrected chi connectivity index (χ0v) is 22.7. The Morgan fingerprint density at radius 3 is 2.11 bits per heavy atom. The minimum absolute atomic E-state index is 0.0112. The van der Waals surface area contributed by atoms with Gasteiger partial charge < -0.3 is 5.32 Å². The first kappa shape index (κ1) is 27.5. The van der Waals surface area contributed by atoms with E-state index < -0.39 is 32.5 Å². The van der Waals surface area contributed by atoms with Crippen molar-refractivity contribution in [1.82, 2.24) is 0 Å². The molecule has 0 aliphatic rings. The van der Waals surface area contributed by atoms with Gasteiger partial charge in [0.25, 0.3) is 10.0 Å². The number of nitrogens with zero attached hydrogens (tertiary/aromatic N) is 1. The Kier molecular flexibility index (Phi) is 8.33. The number of hydrogen-bond acceptors (Lipinski definition) is 5. The fraction of sp³-hybridized carbons (Fsp3) is 0.240. The molecule has 0 heterocycles. The second-order valence-corrected chi connectivity index (χ2v) is 12.6. The predicted octanol–water partition coefficient (Wildman–Crippen LogP) is 4.98. The van der Waals surface area contributed by atoms with Crippen LogP contribution >= 0.6 is 11.6 Å². The fourth-order valence-electron chi connectivity index (χ4n) is 3.40. The minimum atomic E-state index is -3.89. The van der Waals surface area contributed by atoms with Gasteiger partial charge in [-0.3, -0.25) is 13.8 Å². The lowest BCUT2D eigenvalue weighted by Crippen LogP contribution is -2.37. The molecule has 0 atom stereocenters. The number of amides is 1. The van der Waals surface area contributed by atoms with Crippen LogP contribution in [0, 0.1) is 6.92 Å². The van der Waals surface area contributed by atoms with Crippen LogP contribution in [0.3, 0.4) is 0 Å². The average molecular weight is 550 g/mol. The molecule has 0 fully saturated rings. The molecule has 0 radical (unpaired) electrons. The van der Waals surface area contributed by atoms with Gasteiger partial charge in [-0.05, 0) is 72.5 Å². The first-order chi connectivity index (χ1) is 16.8. The zero-order valence-electron chi connectivity index (χ0n) is 20.3. The lowest BCUT2D eigenvalue weighted by Gasteiger charge is -2.22. The van der Waals surface area contributed by atoms with E-state index in [1.807, 2.05) is 26.0 Å². The summed E-state index contributed by atoms with van der Waals surface area (Å²) >= 11 is 6.06. The third-order valence-electron chi connectivity index (χ3n) is 5.50. The van der Waals surface area contributed by atoms with Crippen molar-refractivity contribution in [2.75, 3.05) is 27.1 Å². The molecular formula is C25H28ClN3O5S2. The van der Waals surface area contributed by atoms with E-state index in [-0.39, 0.29) is 10.8 Å². The molecule has 0 unspecified atom stereocenters. The normalized spacial score (nSPS) is 11.8. The van der Waals surface area contributed by atoms with Crippen molar-refractivity contribution in [3.8, 4) is 0 Å². The van der Waals surface area contributed by atoms with Gasteiger partial charge in [0, 0.05) is 10.7 Å². The average Bonchev–Trinajstić information content (AvgIpc) is 2.80. The fourth-order valence-corrected chi connectivity index (χ4v) is 5.55. The first-order valence-electron chi connectivity index (χ1n) is 11.0. The van der Waals surface area contributed by atoms with Crippen LogP contribution < -0.4 is 14.3 Å². The Morgan fingerprint density at radius 1 is 0.944 bits per heavy atom. The summed E-state index contributed by atoms with van der Waals surface area (Å²) in [7, 11) is -7.62. The maximum atomic E-state index is 12.8. The highest BCUT2D eigenvalue weighted by atomic mass is 35.5. The number of rotatable bonds is 9. The van der Waals surface area contributed by atoms with Crippen LogP contribution in [0.15, 0.2) is 71.6 Å². The van der Waals surface area contributed by atoms with E-state index in [4.69, 9.17) is 11.6 Å². The summed E-state index contributed by atoms with van der Waals surface area (Å²) in [5, 5.41) is 3.05. The number of sulfonamides is 2. The number of carbonyl (C=O) groups is 1. The number of hydrogen-bond donors (Lipinski definition) is 2. The van der Waals surface area contributed by atoms with Crippen molar-refractivity contribution in [3.63, 3.8) is 0 Å². The van der Waals surface area contributed by atoms with E-state index in [9.17, 15) is 21.6 Å². The molecule has 1 amide bonds. The Morgan fingerprint density at radius 2 is 1.56 bits per heavy atom. The predicted molar refractivity (Wildman–Crippen MR) is 145 cm³/mol. The van der Waals surface area contributed by atoms with E-state index in [2.05, 4.69) is 10.0 Å².